The third-order valence-electron chi connectivity index (χ3n) is 3.28. The van der Waals surface area contributed by atoms with Crippen LogP contribution >= 0.6 is 11.3 Å². The Morgan fingerprint density at radius 1 is 1.21 bits per heavy atom. The minimum absolute atomic E-state index is 0.216. The van der Waals surface area contributed by atoms with Crippen molar-refractivity contribution in [2.75, 3.05) is 0 Å². The molecule has 2 heterocycles. The second kappa shape index (κ2) is 4.51. The van der Waals surface area contributed by atoms with E-state index in [9.17, 15) is 14.7 Å². The predicted octanol–water partition coefficient (Wildman–Crippen LogP) is 2.40. The van der Waals surface area contributed by atoms with Crippen molar-refractivity contribution in [1.82, 2.24) is 5.32 Å². The van der Waals surface area contributed by atoms with Gasteiger partial charge < -0.3 is 10.4 Å². The first kappa shape index (κ1) is 11.9. The number of nitrogens with one attached hydrogen (secondary N) is 1. The summed E-state index contributed by atoms with van der Waals surface area (Å²) < 4.78 is 0. The quantitative estimate of drug-likeness (QED) is 0.883. The van der Waals surface area contributed by atoms with Gasteiger partial charge in [0.05, 0.1) is 6.04 Å². The van der Waals surface area contributed by atoms with Gasteiger partial charge in [0.1, 0.15) is 5.92 Å². The monoisotopic (exact) mass is 273 g/mol. The number of hydrogen-bond acceptors (Lipinski definition) is 3. The summed E-state index contributed by atoms with van der Waals surface area (Å²) in [6.45, 7) is 0. The number of amides is 1. The highest BCUT2D eigenvalue weighted by molar-refractivity contribution is 7.10. The van der Waals surface area contributed by atoms with Crippen LogP contribution in [0.2, 0.25) is 0 Å². The van der Waals surface area contributed by atoms with Gasteiger partial charge in [-0.1, -0.05) is 24.3 Å². The fourth-order valence-corrected chi connectivity index (χ4v) is 3.25. The Kier molecular flexibility index (Phi) is 2.83. The van der Waals surface area contributed by atoms with Gasteiger partial charge >= 0.3 is 5.97 Å². The minimum Gasteiger partial charge on any atom is -0.481 e. The minimum atomic E-state index is -0.925. The molecule has 1 amide bonds. The highest BCUT2D eigenvalue weighted by atomic mass is 32.1. The maximum absolute atomic E-state index is 12.1. The first-order valence-corrected chi connectivity index (χ1v) is 6.72. The number of benzene rings is 1. The number of aliphatic carboxylic acids is 1. The third kappa shape index (κ3) is 1.92. The van der Waals surface area contributed by atoms with Crippen LogP contribution in [0.3, 0.4) is 0 Å². The van der Waals surface area contributed by atoms with Crippen molar-refractivity contribution >= 4 is 23.2 Å². The van der Waals surface area contributed by atoms with E-state index in [2.05, 4.69) is 5.32 Å². The van der Waals surface area contributed by atoms with E-state index in [1.54, 1.807) is 24.3 Å². The molecule has 0 aliphatic carbocycles. The molecule has 0 bridgehead atoms. The Labute approximate surface area is 113 Å². The van der Waals surface area contributed by atoms with Gasteiger partial charge in [0, 0.05) is 10.4 Å². The van der Waals surface area contributed by atoms with Crippen molar-refractivity contribution in [2.45, 2.75) is 12.0 Å². The molecule has 2 atom stereocenters. The van der Waals surface area contributed by atoms with Crippen LogP contribution in [0, 0.1) is 0 Å². The number of carbonyl (C=O) groups excluding carboxylic acids is 1. The van der Waals surface area contributed by atoms with Crippen LogP contribution in [0.15, 0.2) is 41.8 Å². The van der Waals surface area contributed by atoms with Gasteiger partial charge in [-0.3, -0.25) is 9.59 Å². The largest absolute Gasteiger partial charge is 0.481 e. The molecule has 5 heteroatoms. The van der Waals surface area contributed by atoms with E-state index in [1.807, 2.05) is 17.5 Å². The SMILES string of the molecule is O=C1N[C@H](c2cccs2)[C@@H](C(=O)O)c2ccccc21. The Hall–Kier alpha value is -2.14. The van der Waals surface area contributed by atoms with Gasteiger partial charge in [-0.15, -0.1) is 11.3 Å². The van der Waals surface area contributed by atoms with Gasteiger partial charge in [-0.2, -0.15) is 0 Å². The van der Waals surface area contributed by atoms with Crippen LogP contribution in [0.4, 0.5) is 0 Å². The molecule has 2 N–H and O–H groups in total. The molecule has 4 nitrogen and oxygen atoms in total. The summed E-state index contributed by atoms with van der Waals surface area (Å²) in [6.07, 6.45) is 0. The lowest BCUT2D eigenvalue weighted by atomic mass is 9.83. The van der Waals surface area contributed by atoms with E-state index in [1.165, 1.54) is 11.3 Å². The molecule has 0 saturated heterocycles. The molecule has 3 rings (SSSR count). The maximum atomic E-state index is 12.1. The normalized spacial score (nSPS) is 21.6. The van der Waals surface area contributed by atoms with E-state index in [-0.39, 0.29) is 5.91 Å². The summed E-state index contributed by atoms with van der Waals surface area (Å²) >= 11 is 1.45. The van der Waals surface area contributed by atoms with Crippen molar-refractivity contribution in [3.05, 3.63) is 57.8 Å². The van der Waals surface area contributed by atoms with E-state index in [0.717, 1.165) is 4.88 Å². The van der Waals surface area contributed by atoms with Crippen molar-refractivity contribution in [1.29, 1.82) is 0 Å². The Balaban J connectivity index is 2.14. The van der Waals surface area contributed by atoms with Crippen LogP contribution in [0.25, 0.3) is 0 Å². The molecule has 19 heavy (non-hydrogen) atoms. The fourth-order valence-electron chi connectivity index (χ4n) is 2.44. The highest BCUT2D eigenvalue weighted by Crippen LogP contribution is 2.38. The fraction of sp³-hybridized carbons (Fsp3) is 0.143. The molecular formula is C14H11NO3S. The number of hydrogen-bond donors (Lipinski definition) is 2. The zero-order valence-electron chi connectivity index (χ0n) is 9.87. The van der Waals surface area contributed by atoms with Crippen LogP contribution in [0.1, 0.15) is 32.8 Å². The third-order valence-corrected chi connectivity index (χ3v) is 4.23. The number of thiophene rings is 1. The van der Waals surface area contributed by atoms with Crippen molar-refractivity contribution in [2.24, 2.45) is 0 Å². The molecule has 0 unspecified atom stereocenters. The molecule has 0 fully saturated rings. The molecular weight excluding hydrogens is 262 g/mol. The van der Waals surface area contributed by atoms with E-state index < -0.39 is 17.9 Å². The van der Waals surface area contributed by atoms with Crippen molar-refractivity contribution in [3.63, 3.8) is 0 Å². The zero-order valence-corrected chi connectivity index (χ0v) is 10.7. The van der Waals surface area contributed by atoms with Gasteiger partial charge in [-0.05, 0) is 23.1 Å². The number of carbonyl (C=O) groups is 2. The zero-order chi connectivity index (χ0) is 13.4. The van der Waals surface area contributed by atoms with E-state index >= 15 is 0 Å². The van der Waals surface area contributed by atoms with Crippen molar-refractivity contribution < 1.29 is 14.7 Å². The predicted molar refractivity (Wildman–Crippen MR) is 71.3 cm³/mol. The van der Waals surface area contributed by atoms with Crippen LogP contribution in [0.5, 0.6) is 0 Å². The van der Waals surface area contributed by atoms with Crippen molar-refractivity contribution in [3.8, 4) is 0 Å². The smallest absolute Gasteiger partial charge is 0.313 e. The molecule has 2 aromatic rings. The number of carboxylic acid groups (broad SMARTS) is 1. The summed E-state index contributed by atoms with van der Waals surface area (Å²) in [7, 11) is 0. The lowest BCUT2D eigenvalue weighted by molar-refractivity contribution is -0.139. The first-order chi connectivity index (χ1) is 9.18. The average Bonchev–Trinajstić information content (AvgIpc) is 2.92. The topological polar surface area (TPSA) is 66.4 Å². The summed E-state index contributed by atoms with van der Waals surface area (Å²) in [5.41, 5.74) is 1.03. The van der Waals surface area contributed by atoms with E-state index in [4.69, 9.17) is 0 Å². The average molecular weight is 273 g/mol. The molecule has 1 aliphatic rings. The summed E-state index contributed by atoms with van der Waals surface area (Å²) in [4.78, 5) is 24.5. The Bertz CT molecular complexity index is 636. The van der Waals surface area contributed by atoms with E-state index in [0.29, 0.717) is 11.1 Å². The van der Waals surface area contributed by atoms with Crippen LogP contribution in [-0.4, -0.2) is 17.0 Å². The number of fused-ring (bicyclic) bond motifs is 1. The molecule has 0 spiro atoms. The van der Waals surface area contributed by atoms with Gasteiger partial charge in [0.2, 0.25) is 0 Å². The highest BCUT2D eigenvalue weighted by Gasteiger charge is 2.39. The van der Waals surface area contributed by atoms with Gasteiger partial charge in [0.15, 0.2) is 0 Å². The van der Waals surface area contributed by atoms with Crippen LogP contribution < -0.4 is 5.32 Å². The second-order valence-electron chi connectivity index (χ2n) is 4.37. The molecule has 96 valence electrons. The van der Waals surface area contributed by atoms with Crippen LogP contribution in [-0.2, 0) is 4.79 Å². The molecule has 1 aromatic heterocycles. The summed E-state index contributed by atoms with van der Waals surface area (Å²) in [5.74, 6) is -1.88. The lowest BCUT2D eigenvalue weighted by Gasteiger charge is -2.30. The number of carboxylic acids is 1. The Morgan fingerprint density at radius 2 is 2.00 bits per heavy atom. The molecule has 0 saturated carbocycles. The second-order valence-corrected chi connectivity index (χ2v) is 5.35. The summed E-state index contributed by atoms with van der Waals surface area (Å²) in [6, 6.07) is 10.1. The van der Waals surface area contributed by atoms with Gasteiger partial charge in [0.25, 0.3) is 5.91 Å². The first-order valence-electron chi connectivity index (χ1n) is 5.84. The number of rotatable bonds is 2. The summed E-state index contributed by atoms with van der Waals surface area (Å²) in [5, 5.41) is 14.2. The maximum Gasteiger partial charge on any atom is 0.313 e. The standard InChI is InChI=1S/C14H11NO3S/c16-13-9-5-2-1-4-8(9)11(14(17)18)12(15-13)10-6-3-7-19-10/h1-7,11-12H,(H,15,16)(H,17,18)/t11-,12+/m0/s1. The molecule has 1 aliphatic heterocycles. The molecule has 1 aromatic carbocycles. The Morgan fingerprint density at radius 3 is 2.68 bits per heavy atom. The lowest BCUT2D eigenvalue weighted by Crippen LogP contribution is -2.40. The molecule has 0 radical (unpaired) electrons. The van der Waals surface area contributed by atoms with Gasteiger partial charge in [-0.25, -0.2) is 0 Å².